The maximum absolute atomic E-state index is 7.75. The Balaban J connectivity index is -0.0000000848. The molecule has 0 spiro atoms. The minimum Gasteiger partial charge on any atom is -0.545 e. The summed E-state index contributed by atoms with van der Waals surface area (Å²) in [6.07, 6.45) is 20.0. The van der Waals surface area contributed by atoms with Crippen LogP contribution >= 0.6 is 0 Å². The third-order valence-corrected chi connectivity index (χ3v) is 2.30. The van der Waals surface area contributed by atoms with Crippen molar-refractivity contribution >= 4 is 6.79 Å². The van der Waals surface area contributed by atoms with Crippen LogP contribution in [0.4, 0.5) is 0 Å². The summed E-state index contributed by atoms with van der Waals surface area (Å²) >= 11 is 0. The zero-order valence-corrected chi connectivity index (χ0v) is 17.6. The molecule has 0 N–H and O–H groups in total. The van der Waals surface area contributed by atoms with Gasteiger partial charge < -0.3 is 9.53 Å². The molecule has 0 amide bonds. The van der Waals surface area contributed by atoms with Crippen molar-refractivity contribution in [2.45, 2.75) is 6.92 Å². The van der Waals surface area contributed by atoms with Crippen LogP contribution in [0.5, 0.6) is 0 Å². The van der Waals surface area contributed by atoms with Gasteiger partial charge in [-0.15, -0.1) is 12.1 Å². The minimum atomic E-state index is 0. The van der Waals surface area contributed by atoms with Crippen LogP contribution in [0.2, 0.25) is 0 Å². The van der Waals surface area contributed by atoms with Crippen molar-refractivity contribution in [3.8, 4) is 0 Å². The van der Waals surface area contributed by atoms with Crippen LogP contribution in [-0.4, -0.2) is 13.4 Å². The fourth-order valence-electron chi connectivity index (χ4n) is 1.35. The monoisotopic (exact) mass is 462 g/mol. The molecule has 2 saturated carbocycles. The van der Waals surface area contributed by atoms with Crippen molar-refractivity contribution in [2.24, 2.45) is 0 Å². The zero-order chi connectivity index (χ0) is 20.3. The van der Waals surface area contributed by atoms with Crippen LogP contribution < -0.4 is 0 Å². The van der Waals surface area contributed by atoms with Crippen LogP contribution in [0.3, 0.4) is 0 Å². The Morgan fingerprint density at radius 3 is 1.32 bits per heavy atom. The van der Waals surface area contributed by atoms with Crippen molar-refractivity contribution < 1.29 is 53.0 Å². The van der Waals surface area contributed by atoms with Crippen LogP contribution in [0, 0.1) is 84.1 Å². The van der Waals surface area contributed by atoms with Gasteiger partial charge in [-0.05, 0) is 71.1 Å². The topological polar surface area (TPSA) is 66.1 Å². The second-order valence-corrected chi connectivity index (χ2v) is 3.91. The van der Waals surface area contributed by atoms with Crippen molar-refractivity contribution in [3.05, 3.63) is 120 Å². The number of carbonyl (C=O) groups excluding carboxylic acids is 1. The number of ether oxygens (including phenoxy) is 1. The molecule has 1 aromatic carbocycles. The summed E-state index contributed by atoms with van der Waals surface area (Å²) in [4.78, 5) is 7.75. The smallest absolute Gasteiger partial charge is 0.545 e. The number of rotatable bonds is 3. The third-order valence-electron chi connectivity index (χ3n) is 2.30. The molecule has 0 atom stereocenters. The molecule has 0 unspecified atom stereocenters. The first-order valence-electron chi connectivity index (χ1n) is 7.41. The Labute approximate surface area is 193 Å². The maximum Gasteiger partial charge on any atom is 2.00 e. The van der Waals surface area contributed by atoms with Gasteiger partial charge in [-0.25, -0.2) is 0 Å². The molecule has 2 aliphatic rings. The average molecular weight is 462 g/mol. The number of benzene rings is 1. The summed E-state index contributed by atoms with van der Waals surface area (Å²) in [5.41, 5.74) is 1.12. The van der Waals surface area contributed by atoms with E-state index in [0.717, 1.165) is 12.2 Å². The van der Waals surface area contributed by atoms with Gasteiger partial charge in [0.25, 0.3) is 0 Å². The van der Waals surface area contributed by atoms with E-state index < -0.39 is 0 Å². The van der Waals surface area contributed by atoms with E-state index in [1.54, 1.807) is 6.61 Å². The molecule has 1 aromatic rings. The summed E-state index contributed by atoms with van der Waals surface area (Å²) in [5, 5.41) is 0. The molecule has 0 heterocycles. The molecule has 150 valence electrons. The quantitative estimate of drug-likeness (QED) is 0.296. The molecular formula is C22H22Fe2O4. The van der Waals surface area contributed by atoms with E-state index >= 15 is 0 Å². The van der Waals surface area contributed by atoms with Gasteiger partial charge in [0.05, 0.1) is 0 Å². The summed E-state index contributed by atoms with van der Waals surface area (Å²) < 4.78 is 20.1. The van der Waals surface area contributed by atoms with E-state index in [0.29, 0.717) is 0 Å². The van der Waals surface area contributed by atoms with Gasteiger partial charge in [0, 0.05) is 23.7 Å². The molecule has 10 radical (unpaired) electrons. The standard InChI is InChI=1S/C9H11O.2C5H5.CHO.2CO.2Fe/c1-2-10-8-9-6-4-3-5-7-9;2*1-2-4-5-3-1;3*1-2;;/h3-8H,2H2,1H3;2*1-5H;1H;;;;/q-1;;;-1;;;;+2. The molecule has 0 aliphatic heterocycles. The van der Waals surface area contributed by atoms with E-state index in [-0.39, 0.29) is 34.1 Å². The second kappa shape index (κ2) is 40.8. The maximum atomic E-state index is 7.75. The van der Waals surface area contributed by atoms with E-state index in [1.807, 2.05) is 101 Å². The molecule has 2 fully saturated rings. The molecular weight excluding hydrogens is 440 g/mol. The second-order valence-electron chi connectivity index (χ2n) is 3.91. The van der Waals surface area contributed by atoms with Crippen molar-refractivity contribution in [1.82, 2.24) is 0 Å². The van der Waals surface area contributed by atoms with Gasteiger partial charge in [0.1, 0.15) is 0 Å². The van der Waals surface area contributed by atoms with E-state index in [4.69, 9.17) is 18.8 Å². The molecule has 0 saturated heterocycles. The van der Waals surface area contributed by atoms with Gasteiger partial charge in [-0.3, -0.25) is 6.79 Å². The van der Waals surface area contributed by atoms with Gasteiger partial charge in [-0.1, -0.05) is 12.7 Å². The fraction of sp³-hybridized carbons (Fsp3) is 0.0909. The molecule has 6 heteroatoms. The van der Waals surface area contributed by atoms with Crippen molar-refractivity contribution in [1.29, 1.82) is 0 Å². The van der Waals surface area contributed by atoms with E-state index in [2.05, 4.69) is 20.1 Å². The number of hydrogen-bond acceptors (Lipinski definition) is 2. The normalized spacial score (nSPS) is 12.2. The Kier molecular flexibility index (Phi) is 55.3. The van der Waals surface area contributed by atoms with Crippen LogP contribution in [-0.2, 0) is 53.0 Å². The van der Waals surface area contributed by atoms with Crippen LogP contribution in [0.25, 0.3) is 0 Å². The molecule has 4 nitrogen and oxygen atoms in total. The van der Waals surface area contributed by atoms with Crippen molar-refractivity contribution in [2.75, 3.05) is 6.61 Å². The Morgan fingerprint density at radius 1 is 0.786 bits per heavy atom. The third kappa shape index (κ3) is 32.9. The first-order valence-corrected chi connectivity index (χ1v) is 7.41. The Hall–Kier alpha value is -0.761. The summed E-state index contributed by atoms with van der Waals surface area (Å²) in [7, 11) is 0. The summed E-state index contributed by atoms with van der Waals surface area (Å²) in [6, 6.07) is 9.99. The largest absolute Gasteiger partial charge is 2.00 e. The summed E-state index contributed by atoms with van der Waals surface area (Å²) in [5.74, 6) is 0. The molecule has 3 rings (SSSR count). The molecule has 28 heavy (non-hydrogen) atoms. The molecule has 2 aliphatic carbocycles. The zero-order valence-electron chi connectivity index (χ0n) is 15.4. The predicted octanol–water partition coefficient (Wildman–Crippen LogP) is 3.92. The first kappa shape index (κ1) is 37.9. The fourth-order valence-corrected chi connectivity index (χ4v) is 1.35. The Morgan fingerprint density at radius 2 is 1.07 bits per heavy atom. The van der Waals surface area contributed by atoms with Gasteiger partial charge in [0.15, 0.2) is 0 Å². The Bertz CT molecular complexity index is 358. The average Bonchev–Trinajstić information content (AvgIpc) is 3.51. The van der Waals surface area contributed by atoms with Gasteiger partial charge in [0.2, 0.25) is 0 Å². The van der Waals surface area contributed by atoms with E-state index in [1.165, 1.54) is 0 Å². The van der Waals surface area contributed by atoms with Crippen LogP contribution in [0.1, 0.15) is 12.5 Å². The summed E-state index contributed by atoms with van der Waals surface area (Å²) in [6.45, 7) is 16.7. The van der Waals surface area contributed by atoms with Crippen LogP contribution in [0.15, 0.2) is 30.3 Å². The molecule has 0 bridgehead atoms. The molecule has 0 aromatic heterocycles. The predicted molar refractivity (Wildman–Crippen MR) is 99.1 cm³/mol. The van der Waals surface area contributed by atoms with Gasteiger partial charge in [-0.2, -0.15) is 17.7 Å². The van der Waals surface area contributed by atoms with E-state index in [9.17, 15) is 0 Å². The SMILES string of the molecule is CCO[CH-]c1ccccc1.[C-]#[O+].[C-]#[O+].[CH-]=O.[CH]1[CH][CH][CH][CH]1.[CH]1[CH][CH][CH][CH]1.[Fe+2].[Fe]. The van der Waals surface area contributed by atoms with Gasteiger partial charge >= 0.3 is 39.7 Å². The first-order chi connectivity index (χ1) is 12.9. The van der Waals surface area contributed by atoms with Crippen molar-refractivity contribution in [3.63, 3.8) is 0 Å². The minimum absolute atomic E-state index is 0. The number of hydrogen-bond donors (Lipinski definition) is 0.